The van der Waals surface area contributed by atoms with Gasteiger partial charge in [0.2, 0.25) is 5.88 Å². The first kappa shape index (κ1) is 14.2. The molecule has 3 aromatic heterocycles. The Morgan fingerprint density at radius 2 is 2.17 bits per heavy atom. The standard InChI is InChI=1S/C16H14ClN5O/c17-12-4-5-13(19-7-12)10-23-16-3-1-2-15(20-16)22-9-11-6-18-8-14(11)21-22/h1-5,7,9,18H,6,8,10H2. The lowest BCUT2D eigenvalue weighted by Crippen LogP contribution is -2.06. The van der Waals surface area contributed by atoms with E-state index in [2.05, 4.69) is 20.4 Å². The Hall–Kier alpha value is -2.44. The fourth-order valence-corrected chi connectivity index (χ4v) is 2.54. The quantitative estimate of drug-likeness (QED) is 0.797. The van der Waals surface area contributed by atoms with Crippen molar-refractivity contribution in [1.82, 2.24) is 25.1 Å². The predicted molar refractivity (Wildman–Crippen MR) is 85.5 cm³/mol. The minimum atomic E-state index is 0.340. The Morgan fingerprint density at radius 3 is 3.00 bits per heavy atom. The second-order valence-electron chi connectivity index (χ2n) is 5.24. The molecule has 23 heavy (non-hydrogen) atoms. The van der Waals surface area contributed by atoms with E-state index in [0.717, 1.165) is 30.3 Å². The van der Waals surface area contributed by atoms with Crippen LogP contribution in [0.15, 0.2) is 42.7 Å². The van der Waals surface area contributed by atoms with Crippen molar-refractivity contribution < 1.29 is 4.74 Å². The summed E-state index contributed by atoms with van der Waals surface area (Å²) >= 11 is 5.82. The van der Waals surface area contributed by atoms with Crippen LogP contribution < -0.4 is 10.1 Å². The Bertz CT molecular complexity index is 809. The fraction of sp³-hybridized carbons (Fsp3) is 0.188. The molecule has 0 unspecified atom stereocenters. The van der Waals surface area contributed by atoms with Gasteiger partial charge in [-0.1, -0.05) is 17.7 Å². The second-order valence-corrected chi connectivity index (χ2v) is 5.68. The van der Waals surface area contributed by atoms with E-state index >= 15 is 0 Å². The van der Waals surface area contributed by atoms with Crippen LogP contribution in [-0.4, -0.2) is 19.7 Å². The Morgan fingerprint density at radius 1 is 1.22 bits per heavy atom. The zero-order valence-electron chi connectivity index (χ0n) is 12.2. The van der Waals surface area contributed by atoms with Crippen LogP contribution in [0.3, 0.4) is 0 Å². The maximum absolute atomic E-state index is 5.82. The van der Waals surface area contributed by atoms with Crippen molar-refractivity contribution >= 4 is 11.6 Å². The lowest BCUT2D eigenvalue weighted by atomic mass is 10.3. The third-order valence-corrected chi connectivity index (χ3v) is 3.81. The highest BCUT2D eigenvalue weighted by atomic mass is 35.5. The lowest BCUT2D eigenvalue weighted by Gasteiger charge is -2.07. The van der Waals surface area contributed by atoms with E-state index in [4.69, 9.17) is 16.3 Å². The molecule has 1 aliphatic rings. The van der Waals surface area contributed by atoms with Crippen LogP contribution in [0.4, 0.5) is 0 Å². The molecule has 1 aliphatic heterocycles. The highest BCUT2D eigenvalue weighted by Crippen LogP contribution is 2.17. The molecule has 0 radical (unpaired) electrons. The van der Waals surface area contributed by atoms with Crippen LogP contribution in [0, 0.1) is 0 Å². The minimum Gasteiger partial charge on any atom is -0.471 e. The molecule has 7 heteroatoms. The zero-order valence-corrected chi connectivity index (χ0v) is 13.0. The van der Waals surface area contributed by atoms with E-state index in [1.807, 2.05) is 30.5 Å². The number of pyridine rings is 2. The number of nitrogens with zero attached hydrogens (tertiary/aromatic N) is 4. The van der Waals surface area contributed by atoms with Crippen molar-refractivity contribution in [1.29, 1.82) is 0 Å². The Kier molecular flexibility index (Phi) is 3.69. The van der Waals surface area contributed by atoms with E-state index in [-0.39, 0.29) is 0 Å². The SMILES string of the molecule is Clc1ccc(COc2cccc(-n3cc4c(n3)CNC4)n2)nc1. The van der Waals surface area contributed by atoms with Crippen molar-refractivity contribution in [2.24, 2.45) is 0 Å². The number of hydrogen-bond acceptors (Lipinski definition) is 5. The van der Waals surface area contributed by atoms with Crippen molar-refractivity contribution in [2.75, 3.05) is 0 Å². The van der Waals surface area contributed by atoms with E-state index < -0.39 is 0 Å². The molecule has 4 heterocycles. The van der Waals surface area contributed by atoms with Crippen LogP contribution in [0.5, 0.6) is 5.88 Å². The van der Waals surface area contributed by atoms with Crippen LogP contribution in [0.25, 0.3) is 5.82 Å². The zero-order chi connectivity index (χ0) is 15.6. The number of rotatable bonds is 4. The maximum atomic E-state index is 5.82. The van der Waals surface area contributed by atoms with E-state index in [9.17, 15) is 0 Å². The average molecular weight is 328 g/mol. The number of fused-ring (bicyclic) bond motifs is 1. The van der Waals surface area contributed by atoms with Gasteiger partial charge in [0.25, 0.3) is 0 Å². The maximum Gasteiger partial charge on any atom is 0.215 e. The Balaban J connectivity index is 1.50. The number of halogens is 1. The molecule has 0 saturated heterocycles. The van der Waals surface area contributed by atoms with Gasteiger partial charge >= 0.3 is 0 Å². The van der Waals surface area contributed by atoms with Crippen LogP contribution >= 0.6 is 11.6 Å². The van der Waals surface area contributed by atoms with Gasteiger partial charge < -0.3 is 10.1 Å². The number of aromatic nitrogens is 4. The summed E-state index contributed by atoms with van der Waals surface area (Å²) in [5.74, 6) is 1.27. The van der Waals surface area contributed by atoms with E-state index in [1.54, 1.807) is 16.9 Å². The molecular weight excluding hydrogens is 314 g/mol. The highest BCUT2D eigenvalue weighted by Gasteiger charge is 2.15. The molecule has 6 nitrogen and oxygen atoms in total. The molecule has 0 bridgehead atoms. The van der Waals surface area contributed by atoms with E-state index in [1.165, 1.54) is 5.56 Å². The molecule has 0 spiro atoms. The summed E-state index contributed by atoms with van der Waals surface area (Å²) in [5.41, 5.74) is 3.08. The summed E-state index contributed by atoms with van der Waals surface area (Å²) < 4.78 is 7.49. The summed E-state index contributed by atoms with van der Waals surface area (Å²) in [5, 5.41) is 8.41. The normalized spacial score (nSPS) is 13.1. The molecule has 0 fully saturated rings. The largest absolute Gasteiger partial charge is 0.471 e. The third kappa shape index (κ3) is 3.04. The smallest absolute Gasteiger partial charge is 0.215 e. The molecule has 4 rings (SSSR count). The van der Waals surface area contributed by atoms with Gasteiger partial charge in [-0.2, -0.15) is 10.1 Å². The number of nitrogens with one attached hydrogen (secondary N) is 1. The molecule has 0 aromatic carbocycles. The summed E-state index contributed by atoms with van der Waals surface area (Å²) in [6.45, 7) is 2.00. The molecule has 0 amide bonds. The van der Waals surface area contributed by atoms with E-state index in [0.29, 0.717) is 17.5 Å². The summed E-state index contributed by atoms with van der Waals surface area (Å²) in [4.78, 5) is 8.69. The highest BCUT2D eigenvalue weighted by molar-refractivity contribution is 6.30. The average Bonchev–Trinajstić information content (AvgIpc) is 3.16. The topological polar surface area (TPSA) is 64.9 Å². The van der Waals surface area contributed by atoms with Gasteiger partial charge in [0.05, 0.1) is 16.4 Å². The van der Waals surface area contributed by atoms with Gasteiger partial charge in [-0.3, -0.25) is 4.98 Å². The van der Waals surface area contributed by atoms with Gasteiger partial charge in [-0.05, 0) is 18.2 Å². The first-order valence-electron chi connectivity index (χ1n) is 7.27. The minimum absolute atomic E-state index is 0.340. The van der Waals surface area contributed by atoms with Crippen LogP contribution in [0.2, 0.25) is 5.02 Å². The number of hydrogen-bond donors (Lipinski definition) is 1. The lowest BCUT2D eigenvalue weighted by molar-refractivity contribution is 0.289. The van der Waals surface area contributed by atoms with Gasteiger partial charge in [0, 0.05) is 37.1 Å². The van der Waals surface area contributed by atoms with Gasteiger partial charge in [0.15, 0.2) is 5.82 Å². The molecule has 0 atom stereocenters. The van der Waals surface area contributed by atoms with Crippen molar-refractivity contribution in [3.8, 4) is 11.7 Å². The van der Waals surface area contributed by atoms with Crippen molar-refractivity contribution in [3.63, 3.8) is 0 Å². The molecular formula is C16H14ClN5O. The summed E-state index contributed by atoms with van der Waals surface area (Å²) in [6, 6.07) is 9.24. The molecule has 0 saturated carbocycles. The fourth-order valence-electron chi connectivity index (χ4n) is 2.43. The predicted octanol–water partition coefficient (Wildman–Crippen LogP) is 2.50. The molecule has 1 N–H and O–H groups in total. The first-order valence-corrected chi connectivity index (χ1v) is 7.64. The summed E-state index contributed by atoms with van der Waals surface area (Å²) in [6.07, 6.45) is 3.60. The van der Waals surface area contributed by atoms with Gasteiger partial charge in [0.1, 0.15) is 6.61 Å². The van der Waals surface area contributed by atoms with Crippen LogP contribution in [0.1, 0.15) is 17.0 Å². The third-order valence-electron chi connectivity index (χ3n) is 3.59. The van der Waals surface area contributed by atoms with Crippen molar-refractivity contribution in [2.45, 2.75) is 19.7 Å². The molecule has 116 valence electrons. The van der Waals surface area contributed by atoms with Crippen molar-refractivity contribution in [3.05, 3.63) is 64.7 Å². The molecule has 3 aromatic rings. The first-order chi connectivity index (χ1) is 11.3. The summed E-state index contributed by atoms with van der Waals surface area (Å²) in [7, 11) is 0. The van der Waals surface area contributed by atoms with Gasteiger partial charge in [-0.25, -0.2) is 4.68 Å². The monoisotopic (exact) mass is 327 g/mol. The van der Waals surface area contributed by atoms with Gasteiger partial charge in [-0.15, -0.1) is 0 Å². The Labute approximate surface area is 138 Å². The molecule has 0 aliphatic carbocycles. The van der Waals surface area contributed by atoms with Crippen LogP contribution in [-0.2, 0) is 19.7 Å². The second kappa shape index (κ2) is 5.98. The number of ether oxygens (including phenoxy) is 1.